The fraction of sp³-hybridized carbons (Fsp3) is 0.306. The monoisotopic (exact) mass is 909 g/mol. The first-order valence-electron chi connectivity index (χ1n) is 18.6. The third-order valence-corrected chi connectivity index (χ3v) is 10.9. The maximum atomic E-state index is 6.63. The van der Waals surface area contributed by atoms with Crippen molar-refractivity contribution in [2.45, 2.75) is 93.4 Å². The van der Waals surface area contributed by atoms with Crippen molar-refractivity contribution in [3.63, 3.8) is 0 Å². The summed E-state index contributed by atoms with van der Waals surface area (Å²) in [5.41, 5.74) is 11.2. The Labute approximate surface area is 340 Å². The van der Waals surface area contributed by atoms with Crippen LogP contribution < -0.4 is 4.74 Å². The van der Waals surface area contributed by atoms with Crippen molar-refractivity contribution < 1.29 is 25.8 Å². The molecule has 0 atom stereocenters. The van der Waals surface area contributed by atoms with Crippen molar-refractivity contribution in [1.82, 2.24) is 9.97 Å². The second kappa shape index (κ2) is 14.9. The van der Waals surface area contributed by atoms with Crippen molar-refractivity contribution >= 4 is 32.2 Å². The van der Waals surface area contributed by atoms with E-state index in [1.54, 1.807) is 11.3 Å². The molecule has 0 amide bonds. The van der Waals surface area contributed by atoms with Crippen LogP contribution in [0.2, 0.25) is 0 Å². The van der Waals surface area contributed by atoms with Gasteiger partial charge in [-0.2, -0.15) is 0 Å². The van der Waals surface area contributed by atoms with Gasteiger partial charge < -0.3 is 4.74 Å². The summed E-state index contributed by atoms with van der Waals surface area (Å²) in [5.74, 6) is 1.01. The van der Waals surface area contributed by atoms with Crippen molar-refractivity contribution in [3.05, 3.63) is 131 Å². The second-order valence-electron chi connectivity index (χ2n) is 17.8. The molecule has 5 heteroatoms. The molecule has 3 heterocycles. The Morgan fingerprint density at radius 3 is 2.17 bits per heavy atom. The van der Waals surface area contributed by atoms with Crippen LogP contribution in [0.3, 0.4) is 0 Å². The first-order chi connectivity index (χ1) is 24.9. The number of pyridine rings is 2. The number of ether oxygens (including phenoxy) is 1. The smallest absolute Gasteiger partial charge is 0.422 e. The van der Waals surface area contributed by atoms with E-state index in [4.69, 9.17) is 14.7 Å². The van der Waals surface area contributed by atoms with Gasteiger partial charge in [-0.1, -0.05) is 121 Å². The van der Waals surface area contributed by atoms with E-state index in [1.165, 1.54) is 38.1 Å². The Morgan fingerprint density at radius 1 is 0.722 bits per heavy atom. The van der Waals surface area contributed by atoms with Crippen LogP contribution in [-0.4, -0.2) is 9.97 Å². The fourth-order valence-electron chi connectivity index (χ4n) is 7.11. The van der Waals surface area contributed by atoms with Gasteiger partial charge >= 0.3 is 21.1 Å². The Morgan fingerprint density at radius 2 is 1.46 bits per heavy atom. The fourth-order valence-corrected chi connectivity index (χ4v) is 8.34. The number of hydrogen-bond donors (Lipinski definition) is 0. The van der Waals surface area contributed by atoms with Gasteiger partial charge in [0.05, 0.1) is 0 Å². The van der Waals surface area contributed by atoms with E-state index in [0.29, 0.717) is 11.8 Å². The quantitative estimate of drug-likeness (QED) is 0.156. The molecule has 278 valence electrons. The molecule has 0 N–H and O–H groups in total. The van der Waals surface area contributed by atoms with Gasteiger partial charge in [0, 0.05) is 27.4 Å². The zero-order chi connectivity index (χ0) is 37.9. The normalized spacial score (nSPS) is 12.3. The van der Waals surface area contributed by atoms with Gasteiger partial charge in [0.1, 0.15) is 0 Å². The van der Waals surface area contributed by atoms with Crippen LogP contribution in [0.5, 0.6) is 11.8 Å². The number of aromatic nitrogens is 2. The third-order valence-electron chi connectivity index (χ3n) is 9.70. The zero-order valence-corrected chi connectivity index (χ0v) is 36.5. The average Bonchev–Trinajstić information content (AvgIpc) is 3.49. The molecule has 54 heavy (non-hydrogen) atoms. The van der Waals surface area contributed by atoms with E-state index < -0.39 is 0 Å². The maximum absolute atomic E-state index is 6.63. The van der Waals surface area contributed by atoms with E-state index >= 15 is 0 Å². The first-order valence-corrected chi connectivity index (χ1v) is 19.4. The number of fused-ring (bicyclic) bond motifs is 2. The molecule has 7 aromatic rings. The number of aryl methyl sites for hydroxylation is 2. The van der Waals surface area contributed by atoms with Gasteiger partial charge in [0.15, 0.2) is 0 Å². The van der Waals surface area contributed by atoms with Crippen LogP contribution in [0.1, 0.15) is 90.1 Å². The minimum Gasteiger partial charge on any atom is -0.422 e. The number of nitrogens with zero attached hydrogens (tertiary/aromatic N) is 2. The predicted molar refractivity (Wildman–Crippen MR) is 225 cm³/mol. The van der Waals surface area contributed by atoms with Gasteiger partial charge in [-0.25, -0.2) is 0 Å². The standard InChI is InChI=1S/C49H50N2OS.Pt/c1-30-21-41(34-16-14-17-37(25-34)48(6,7)8)50-43(22-30)52-44-28-36-27-42(38-20-19-32(23-31(38)2)29-47(3,4)5)53-46(36)45(51-44)35-24-33-15-12-13-18-39(33)40(26-35)49(9,10)11;/h12-15,17-23,25-28H,29H2,1-11H3;/q-2;+2. The molecule has 0 aliphatic rings. The predicted octanol–water partition coefficient (Wildman–Crippen LogP) is 14.0. The molecule has 4 aromatic carbocycles. The molecule has 0 aliphatic carbocycles. The summed E-state index contributed by atoms with van der Waals surface area (Å²) in [6.07, 6.45) is 1.04. The zero-order valence-electron chi connectivity index (χ0n) is 33.4. The van der Waals surface area contributed by atoms with Crippen molar-refractivity contribution in [2.75, 3.05) is 0 Å². The third kappa shape index (κ3) is 8.56. The van der Waals surface area contributed by atoms with Gasteiger partial charge in [-0.05, 0) is 70.4 Å². The van der Waals surface area contributed by atoms with E-state index in [1.807, 2.05) is 12.1 Å². The van der Waals surface area contributed by atoms with Gasteiger partial charge in [-0.3, -0.25) is 9.97 Å². The molecule has 0 fully saturated rings. The molecule has 0 bridgehead atoms. The van der Waals surface area contributed by atoms with Gasteiger partial charge in [0.25, 0.3) is 0 Å². The number of thiophene rings is 1. The SMILES string of the molecule is Cc1cc(Oc2cc3cc(-c4ccc(CC(C)(C)C)cc4C)sc3c(-c3[c-]c4ccccc4c(C(C)(C)C)c3)n2)nc(-c2[c-]ccc(C(C)(C)C)c2)c1.[Pt+2]. The Bertz CT molecular complexity index is 2490. The molecule has 3 nitrogen and oxygen atoms in total. The minimum absolute atomic E-state index is 0. The van der Waals surface area contributed by atoms with E-state index in [2.05, 4.69) is 167 Å². The number of hydrogen-bond acceptors (Lipinski definition) is 4. The molecule has 0 aliphatic heterocycles. The Hall–Kier alpha value is -4.11. The van der Waals surface area contributed by atoms with E-state index in [-0.39, 0.29) is 37.3 Å². The summed E-state index contributed by atoms with van der Waals surface area (Å²) in [5, 5.41) is 3.38. The summed E-state index contributed by atoms with van der Waals surface area (Å²) in [4.78, 5) is 11.5. The summed E-state index contributed by atoms with van der Waals surface area (Å²) in [7, 11) is 0. The average molecular weight is 910 g/mol. The summed E-state index contributed by atoms with van der Waals surface area (Å²) in [6, 6.07) is 39.6. The van der Waals surface area contributed by atoms with Crippen LogP contribution in [0.25, 0.3) is 53.8 Å². The van der Waals surface area contributed by atoms with E-state index in [9.17, 15) is 0 Å². The first kappa shape index (κ1) is 39.6. The molecule has 0 saturated heterocycles. The molecule has 0 saturated carbocycles. The number of rotatable bonds is 6. The summed E-state index contributed by atoms with van der Waals surface area (Å²) < 4.78 is 7.74. The topological polar surface area (TPSA) is 35.0 Å². The molecule has 7 rings (SSSR count). The van der Waals surface area contributed by atoms with Crippen molar-refractivity contribution in [3.8, 4) is 44.7 Å². The molecular weight excluding hydrogens is 860 g/mol. The maximum Gasteiger partial charge on any atom is 2.00 e. The molecule has 0 radical (unpaired) electrons. The largest absolute Gasteiger partial charge is 2.00 e. The van der Waals surface area contributed by atoms with E-state index in [0.717, 1.165) is 50.0 Å². The summed E-state index contributed by atoms with van der Waals surface area (Å²) in [6.45, 7) is 24.7. The minimum atomic E-state index is -0.0770. The van der Waals surface area contributed by atoms with Gasteiger partial charge in [0.2, 0.25) is 11.8 Å². The van der Waals surface area contributed by atoms with Crippen LogP contribution >= 0.6 is 11.3 Å². The van der Waals surface area contributed by atoms with Crippen LogP contribution in [0.4, 0.5) is 0 Å². The molecule has 0 spiro atoms. The Kier molecular flexibility index (Phi) is 10.9. The molecule has 0 unspecified atom stereocenters. The van der Waals surface area contributed by atoms with Crippen LogP contribution in [0.15, 0.2) is 91.0 Å². The van der Waals surface area contributed by atoms with Crippen LogP contribution in [0, 0.1) is 31.4 Å². The van der Waals surface area contributed by atoms with Crippen molar-refractivity contribution in [2.24, 2.45) is 5.41 Å². The summed E-state index contributed by atoms with van der Waals surface area (Å²) >= 11 is 1.79. The Balaban J connectivity index is 0.00000497. The molecular formula is C49H50N2OPtS. The van der Waals surface area contributed by atoms with Crippen molar-refractivity contribution in [1.29, 1.82) is 0 Å². The second-order valence-corrected chi connectivity index (χ2v) is 18.9. The molecule has 3 aromatic heterocycles. The van der Waals surface area contributed by atoms with Gasteiger partial charge in [-0.15, -0.1) is 75.9 Å². The number of benzene rings is 4. The van der Waals surface area contributed by atoms with Crippen LogP contribution in [-0.2, 0) is 38.3 Å².